The number of benzene rings is 1. The Morgan fingerprint density at radius 2 is 2.12 bits per heavy atom. The Hall–Kier alpha value is -1.75. The minimum atomic E-state index is -0.0000463. The lowest BCUT2D eigenvalue weighted by molar-refractivity contribution is 0.162. The Kier molecular flexibility index (Phi) is 3.49. The number of nitrogen functional groups attached to an aromatic ring is 1. The van der Waals surface area contributed by atoms with Gasteiger partial charge in [-0.3, -0.25) is 4.90 Å². The van der Waals surface area contributed by atoms with Crippen molar-refractivity contribution in [2.45, 2.75) is 0 Å². The molecule has 1 fully saturated rings. The van der Waals surface area contributed by atoms with E-state index in [1.54, 1.807) is 23.0 Å². The smallest absolute Gasteiger partial charge is 0.324 e. The first-order chi connectivity index (χ1) is 8.24. The van der Waals surface area contributed by atoms with Gasteiger partial charge in [-0.25, -0.2) is 4.79 Å². The van der Waals surface area contributed by atoms with Gasteiger partial charge in [0.1, 0.15) is 0 Å². The van der Waals surface area contributed by atoms with Crippen LogP contribution in [-0.2, 0) is 4.74 Å². The molecule has 0 atom stereocenters. The van der Waals surface area contributed by atoms with Crippen molar-refractivity contribution in [3.63, 3.8) is 0 Å². The Balaban J connectivity index is 2.10. The molecule has 1 aromatic rings. The van der Waals surface area contributed by atoms with Crippen LogP contribution in [-0.4, -0.2) is 44.3 Å². The van der Waals surface area contributed by atoms with Crippen molar-refractivity contribution < 1.29 is 9.53 Å². The molecule has 0 unspecified atom stereocenters. The molecular weight excluding hydrogens is 218 g/mol. The average molecular weight is 235 g/mol. The first kappa shape index (κ1) is 11.7. The Bertz CT molecular complexity index is 408. The highest BCUT2D eigenvalue weighted by molar-refractivity contribution is 5.97. The molecular formula is C12H17N3O2. The molecule has 1 aliphatic heterocycles. The molecule has 0 bridgehead atoms. The van der Waals surface area contributed by atoms with Crippen LogP contribution in [0.5, 0.6) is 0 Å². The fourth-order valence-electron chi connectivity index (χ4n) is 1.95. The molecule has 5 nitrogen and oxygen atoms in total. The SMILES string of the molecule is COCCN1CCN(c2ccccc2N)C1=O. The van der Waals surface area contributed by atoms with Gasteiger partial charge in [0.15, 0.2) is 0 Å². The summed E-state index contributed by atoms with van der Waals surface area (Å²) in [7, 11) is 1.63. The van der Waals surface area contributed by atoms with E-state index in [0.717, 1.165) is 12.2 Å². The largest absolute Gasteiger partial charge is 0.397 e. The molecule has 2 rings (SSSR count). The van der Waals surface area contributed by atoms with Crippen LogP contribution in [0.25, 0.3) is 0 Å². The van der Waals surface area contributed by atoms with E-state index in [-0.39, 0.29) is 6.03 Å². The molecule has 0 spiro atoms. The van der Waals surface area contributed by atoms with Crippen LogP contribution in [0.3, 0.4) is 0 Å². The molecule has 1 aromatic carbocycles. The molecule has 92 valence electrons. The highest BCUT2D eigenvalue weighted by Crippen LogP contribution is 2.25. The highest BCUT2D eigenvalue weighted by atomic mass is 16.5. The second-order valence-electron chi connectivity index (χ2n) is 3.97. The van der Waals surface area contributed by atoms with Gasteiger partial charge >= 0.3 is 6.03 Å². The number of carbonyl (C=O) groups is 1. The van der Waals surface area contributed by atoms with Crippen molar-refractivity contribution in [2.24, 2.45) is 0 Å². The standard InChI is InChI=1S/C12H17N3O2/c1-17-9-8-14-6-7-15(12(14)16)11-5-3-2-4-10(11)13/h2-5H,6-9,13H2,1H3. The maximum Gasteiger partial charge on any atom is 0.324 e. The number of nitrogens with zero attached hydrogens (tertiary/aromatic N) is 2. The van der Waals surface area contributed by atoms with Crippen LogP contribution in [0, 0.1) is 0 Å². The number of nitrogens with two attached hydrogens (primary N) is 1. The van der Waals surface area contributed by atoms with Crippen LogP contribution in [0.4, 0.5) is 16.2 Å². The first-order valence-electron chi connectivity index (χ1n) is 5.64. The Labute approximate surface area is 101 Å². The highest BCUT2D eigenvalue weighted by Gasteiger charge is 2.29. The second-order valence-corrected chi connectivity index (χ2v) is 3.97. The lowest BCUT2D eigenvalue weighted by Crippen LogP contribution is -2.34. The van der Waals surface area contributed by atoms with Crippen LogP contribution in [0.1, 0.15) is 0 Å². The van der Waals surface area contributed by atoms with Gasteiger partial charge in [0.2, 0.25) is 0 Å². The number of ether oxygens (including phenoxy) is 1. The minimum absolute atomic E-state index is 0.0000463. The normalized spacial score (nSPS) is 15.7. The lowest BCUT2D eigenvalue weighted by Gasteiger charge is -2.19. The molecule has 0 radical (unpaired) electrons. The van der Waals surface area contributed by atoms with Gasteiger partial charge in [0.25, 0.3) is 0 Å². The predicted octanol–water partition coefficient (Wildman–Crippen LogP) is 1.16. The van der Waals surface area contributed by atoms with Gasteiger partial charge in [-0.2, -0.15) is 0 Å². The third kappa shape index (κ3) is 2.34. The van der Waals surface area contributed by atoms with E-state index in [2.05, 4.69) is 0 Å². The van der Waals surface area contributed by atoms with Gasteiger partial charge in [0, 0.05) is 26.7 Å². The first-order valence-corrected chi connectivity index (χ1v) is 5.64. The van der Waals surface area contributed by atoms with E-state index in [0.29, 0.717) is 25.4 Å². The quantitative estimate of drug-likeness (QED) is 0.797. The third-order valence-corrected chi connectivity index (χ3v) is 2.89. The molecule has 0 aromatic heterocycles. The van der Waals surface area contributed by atoms with Gasteiger partial charge < -0.3 is 15.4 Å². The number of hydrogen-bond acceptors (Lipinski definition) is 3. The zero-order valence-corrected chi connectivity index (χ0v) is 9.93. The number of amides is 2. The summed E-state index contributed by atoms with van der Waals surface area (Å²) in [6.07, 6.45) is 0. The second kappa shape index (κ2) is 5.05. The van der Waals surface area contributed by atoms with Gasteiger partial charge in [-0.15, -0.1) is 0 Å². The summed E-state index contributed by atoms with van der Waals surface area (Å²) in [6.45, 7) is 2.58. The van der Waals surface area contributed by atoms with Crippen molar-refractivity contribution in [1.29, 1.82) is 0 Å². The van der Waals surface area contributed by atoms with Crippen LogP contribution < -0.4 is 10.6 Å². The molecule has 1 aliphatic rings. The summed E-state index contributed by atoms with van der Waals surface area (Å²) in [5, 5.41) is 0. The monoisotopic (exact) mass is 235 g/mol. The topological polar surface area (TPSA) is 58.8 Å². The summed E-state index contributed by atoms with van der Waals surface area (Å²) < 4.78 is 4.98. The molecule has 0 saturated carbocycles. The van der Waals surface area contributed by atoms with Crippen molar-refractivity contribution >= 4 is 17.4 Å². The zero-order chi connectivity index (χ0) is 12.3. The van der Waals surface area contributed by atoms with Crippen molar-refractivity contribution in [2.75, 3.05) is 44.0 Å². The van der Waals surface area contributed by atoms with Gasteiger partial charge in [-0.1, -0.05) is 12.1 Å². The van der Waals surface area contributed by atoms with Gasteiger partial charge in [-0.05, 0) is 12.1 Å². The molecule has 1 saturated heterocycles. The molecule has 17 heavy (non-hydrogen) atoms. The summed E-state index contributed by atoms with van der Waals surface area (Å²) in [4.78, 5) is 15.6. The van der Waals surface area contributed by atoms with Gasteiger partial charge in [0.05, 0.1) is 18.0 Å². The molecule has 1 heterocycles. The molecule has 5 heteroatoms. The minimum Gasteiger partial charge on any atom is -0.397 e. The molecule has 2 N–H and O–H groups in total. The van der Waals surface area contributed by atoms with Crippen LogP contribution in [0.15, 0.2) is 24.3 Å². The fraction of sp³-hybridized carbons (Fsp3) is 0.417. The van der Waals surface area contributed by atoms with Crippen LogP contribution >= 0.6 is 0 Å². The predicted molar refractivity (Wildman–Crippen MR) is 67.0 cm³/mol. The maximum atomic E-state index is 12.1. The van der Waals surface area contributed by atoms with Crippen molar-refractivity contribution in [3.05, 3.63) is 24.3 Å². The average Bonchev–Trinajstić information content (AvgIpc) is 2.69. The van der Waals surface area contributed by atoms with E-state index in [9.17, 15) is 4.79 Å². The number of para-hydroxylation sites is 2. The Morgan fingerprint density at radius 1 is 1.35 bits per heavy atom. The van der Waals surface area contributed by atoms with E-state index in [1.807, 2.05) is 18.2 Å². The summed E-state index contributed by atoms with van der Waals surface area (Å²) in [6, 6.07) is 7.42. The maximum absolute atomic E-state index is 12.1. The van der Waals surface area contributed by atoms with Crippen molar-refractivity contribution in [1.82, 2.24) is 4.90 Å². The Morgan fingerprint density at radius 3 is 2.82 bits per heavy atom. The number of anilines is 2. The molecule has 0 aliphatic carbocycles. The number of methoxy groups -OCH3 is 1. The molecule has 2 amide bonds. The fourth-order valence-corrected chi connectivity index (χ4v) is 1.95. The summed E-state index contributed by atoms with van der Waals surface area (Å²) in [5.41, 5.74) is 7.29. The number of rotatable bonds is 4. The lowest BCUT2D eigenvalue weighted by atomic mass is 10.2. The van der Waals surface area contributed by atoms with E-state index >= 15 is 0 Å². The van der Waals surface area contributed by atoms with E-state index in [4.69, 9.17) is 10.5 Å². The number of carbonyl (C=O) groups excluding carboxylic acids is 1. The van der Waals surface area contributed by atoms with E-state index < -0.39 is 0 Å². The number of hydrogen-bond donors (Lipinski definition) is 1. The third-order valence-electron chi connectivity index (χ3n) is 2.89. The van der Waals surface area contributed by atoms with Crippen LogP contribution in [0.2, 0.25) is 0 Å². The number of urea groups is 1. The summed E-state index contributed by atoms with van der Waals surface area (Å²) in [5.74, 6) is 0. The summed E-state index contributed by atoms with van der Waals surface area (Å²) >= 11 is 0. The zero-order valence-electron chi connectivity index (χ0n) is 9.93. The van der Waals surface area contributed by atoms with E-state index in [1.165, 1.54) is 0 Å². The van der Waals surface area contributed by atoms with Crippen molar-refractivity contribution in [3.8, 4) is 0 Å².